The third-order valence-corrected chi connectivity index (χ3v) is 7.33. The molecule has 1 saturated carbocycles. The molecule has 0 spiro atoms. The number of aromatic nitrogens is 1. The van der Waals surface area contributed by atoms with Crippen molar-refractivity contribution in [3.05, 3.63) is 34.4 Å². The summed E-state index contributed by atoms with van der Waals surface area (Å²) in [6.07, 6.45) is 3.01. The number of carbonyl (C=O) groups excluding carboxylic acids is 2. The highest BCUT2D eigenvalue weighted by Gasteiger charge is 2.28. The fraction of sp³-hybridized carbons (Fsp3) is 0.348. The first kappa shape index (κ1) is 29.1. The number of carbonyl (C=O) groups is 2. The fourth-order valence-corrected chi connectivity index (χ4v) is 5.18. The molecule has 1 fully saturated rings. The molecule has 0 saturated heterocycles. The van der Waals surface area contributed by atoms with Gasteiger partial charge >= 0.3 is 5.97 Å². The number of nitriles is 1. The summed E-state index contributed by atoms with van der Waals surface area (Å²) in [5, 5.41) is 12.9. The van der Waals surface area contributed by atoms with Crippen LogP contribution in [-0.2, 0) is 24.3 Å². The number of nitrogens with one attached hydrogen (secondary N) is 2. The van der Waals surface area contributed by atoms with Crippen LogP contribution >= 0.6 is 23.2 Å². The van der Waals surface area contributed by atoms with E-state index in [-0.39, 0.29) is 50.7 Å². The van der Waals surface area contributed by atoms with Crippen LogP contribution in [0.25, 0.3) is 0 Å². The number of pyridine rings is 1. The van der Waals surface area contributed by atoms with Crippen LogP contribution in [0, 0.1) is 11.3 Å². The molecule has 0 amide bonds. The van der Waals surface area contributed by atoms with Gasteiger partial charge in [-0.2, -0.15) is 10.4 Å². The molecule has 3 rings (SSSR count). The van der Waals surface area contributed by atoms with Crippen molar-refractivity contribution >= 4 is 56.4 Å². The van der Waals surface area contributed by atoms with Gasteiger partial charge in [0.25, 0.3) is 0 Å². The highest BCUT2D eigenvalue weighted by molar-refractivity contribution is 7.89. The van der Waals surface area contributed by atoms with Crippen LogP contribution in [0.1, 0.15) is 32.6 Å². The van der Waals surface area contributed by atoms with E-state index in [1.807, 2.05) is 0 Å². The first-order valence-electron chi connectivity index (χ1n) is 11.2. The number of hydrazone groups is 1. The van der Waals surface area contributed by atoms with E-state index < -0.39 is 33.9 Å². The SMILES string of the molecule is CCOC(=O)CC(=O)/C(C#N)=N\Nc1cc(Cl)c(Oc2cc(S(=O)(=O)NC3CCC3)c(OC)cn2)c(Cl)c1. The van der Waals surface area contributed by atoms with Crippen molar-refractivity contribution in [1.29, 1.82) is 5.26 Å². The third kappa shape index (κ3) is 7.32. The van der Waals surface area contributed by atoms with Crippen LogP contribution in [0.3, 0.4) is 0 Å². The first-order chi connectivity index (χ1) is 18.1. The Morgan fingerprint density at radius 2 is 1.92 bits per heavy atom. The van der Waals surface area contributed by atoms with Crippen molar-refractivity contribution < 1.29 is 32.2 Å². The van der Waals surface area contributed by atoms with Gasteiger partial charge in [-0.05, 0) is 31.9 Å². The molecule has 0 radical (unpaired) electrons. The number of rotatable bonds is 12. The lowest BCUT2D eigenvalue weighted by Gasteiger charge is -2.26. The Morgan fingerprint density at radius 1 is 1.24 bits per heavy atom. The number of Topliss-reactive ketones (excluding diaryl/α,β-unsaturated/α-hetero) is 1. The van der Waals surface area contributed by atoms with E-state index in [9.17, 15) is 23.3 Å². The summed E-state index contributed by atoms with van der Waals surface area (Å²) in [6, 6.07) is 5.34. The van der Waals surface area contributed by atoms with E-state index in [1.165, 1.54) is 31.5 Å². The lowest BCUT2D eigenvalue weighted by atomic mass is 9.94. The monoisotopic (exact) mass is 583 g/mol. The van der Waals surface area contributed by atoms with Crippen LogP contribution in [0.4, 0.5) is 5.69 Å². The van der Waals surface area contributed by atoms with Gasteiger partial charge < -0.3 is 14.2 Å². The number of esters is 1. The normalized spacial score (nSPS) is 13.7. The van der Waals surface area contributed by atoms with Gasteiger partial charge in [0.05, 0.1) is 35.6 Å². The standard InChI is InChI=1S/C23H23Cl2N5O7S/c1-3-36-22(32)9-18(31)17(11-26)29-28-14-7-15(24)23(16(25)8-14)37-21-10-20(19(35-2)12-27-21)38(33,34)30-13-5-4-6-13/h7-8,10,12-13,28,30H,3-6,9H2,1-2H3/b29-17-. The predicted octanol–water partition coefficient (Wildman–Crippen LogP) is 3.83. The average Bonchev–Trinajstić information content (AvgIpc) is 2.84. The van der Waals surface area contributed by atoms with Gasteiger partial charge in [0.2, 0.25) is 27.4 Å². The highest BCUT2D eigenvalue weighted by Crippen LogP contribution is 2.39. The molecular weight excluding hydrogens is 561 g/mol. The topological polar surface area (TPSA) is 169 Å². The van der Waals surface area contributed by atoms with Gasteiger partial charge in [0.15, 0.2) is 11.5 Å². The van der Waals surface area contributed by atoms with Crippen molar-refractivity contribution in [2.75, 3.05) is 19.1 Å². The van der Waals surface area contributed by atoms with Gasteiger partial charge in [0.1, 0.15) is 17.4 Å². The van der Waals surface area contributed by atoms with Crippen molar-refractivity contribution in [2.24, 2.45) is 5.10 Å². The van der Waals surface area contributed by atoms with E-state index in [1.54, 1.807) is 13.0 Å². The molecular formula is C23H23Cl2N5O7S. The predicted molar refractivity (Wildman–Crippen MR) is 138 cm³/mol. The summed E-state index contributed by atoms with van der Waals surface area (Å²) in [4.78, 5) is 27.4. The Morgan fingerprint density at radius 3 is 2.47 bits per heavy atom. The first-order valence-corrected chi connectivity index (χ1v) is 13.5. The molecule has 2 N–H and O–H groups in total. The minimum absolute atomic E-state index is 0.0128. The summed E-state index contributed by atoms with van der Waals surface area (Å²) in [5.74, 6) is -1.73. The van der Waals surface area contributed by atoms with Crippen LogP contribution in [0.5, 0.6) is 17.4 Å². The Balaban J connectivity index is 1.79. The number of nitrogens with zero attached hydrogens (tertiary/aromatic N) is 3. The molecule has 1 aromatic carbocycles. The number of hydrogen-bond donors (Lipinski definition) is 2. The number of halogens is 2. The summed E-state index contributed by atoms with van der Waals surface area (Å²) in [5.41, 5.74) is 2.11. The molecule has 1 aromatic heterocycles. The minimum Gasteiger partial charge on any atom is -0.494 e. The van der Waals surface area contributed by atoms with E-state index in [2.05, 4.69) is 25.0 Å². The van der Waals surface area contributed by atoms with Crippen LogP contribution in [0.15, 0.2) is 34.4 Å². The Labute approximate surface area is 228 Å². The van der Waals surface area contributed by atoms with Gasteiger partial charge in [-0.25, -0.2) is 18.1 Å². The smallest absolute Gasteiger partial charge is 0.313 e. The molecule has 202 valence electrons. The number of hydrogen-bond acceptors (Lipinski definition) is 11. The van der Waals surface area contributed by atoms with E-state index >= 15 is 0 Å². The molecule has 1 aliphatic carbocycles. The maximum absolute atomic E-state index is 12.9. The summed E-state index contributed by atoms with van der Waals surface area (Å²) in [7, 11) is -2.59. The largest absolute Gasteiger partial charge is 0.494 e. The van der Waals surface area contributed by atoms with Crippen molar-refractivity contribution in [1.82, 2.24) is 9.71 Å². The highest BCUT2D eigenvalue weighted by atomic mass is 35.5. The fourth-order valence-electron chi connectivity index (χ4n) is 3.16. The number of sulfonamides is 1. The van der Waals surface area contributed by atoms with Gasteiger partial charge in [-0.3, -0.25) is 15.0 Å². The number of ketones is 1. The number of benzene rings is 1. The molecule has 0 atom stereocenters. The second kappa shape index (κ2) is 12.9. The van der Waals surface area contributed by atoms with E-state index in [0.717, 1.165) is 19.3 Å². The Hall–Kier alpha value is -3.44. The van der Waals surface area contributed by atoms with E-state index in [0.29, 0.717) is 0 Å². The van der Waals surface area contributed by atoms with Gasteiger partial charge in [-0.15, -0.1) is 0 Å². The number of ether oxygens (including phenoxy) is 3. The Bertz CT molecular complexity index is 1380. The third-order valence-electron chi connectivity index (χ3n) is 5.22. The summed E-state index contributed by atoms with van der Waals surface area (Å²) < 4.78 is 43.9. The molecule has 15 heteroatoms. The molecule has 2 aromatic rings. The Kier molecular flexibility index (Phi) is 9.87. The number of anilines is 1. The quantitative estimate of drug-likeness (QED) is 0.162. The zero-order valence-electron chi connectivity index (χ0n) is 20.3. The zero-order chi connectivity index (χ0) is 27.9. The number of methoxy groups -OCH3 is 1. The molecule has 0 unspecified atom stereocenters. The molecule has 38 heavy (non-hydrogen) atoms. The molecule has 0 bridgehead atoms. The van der Waals surface area contributed by atoms with Crippen molar-refractivity contribution in [3.8, 4) is 23.4 Å². The zero-order valence-corrected chi connectivity index (χ0v) is 22.6. The second-order valence-corrected chi connectivity index (χ2v) is 10.4. The second-order valence-electron chi connectivity index (χ2n) is 7.88. The van der Waals surface area contributed by atoms with Gasteiger partial charge in [-0.1, -0.05) is 29.6 Å². The molecule has 1 heterocycles. The summed E-state index contributed by atoms with van der Waals surface area (Å²) in [6.45, 7) is 1.68. The maximum Gasteiger partial charge on any atom is 0.313 e. The van der Waals surface area contributed by atoms with Crippen LogP contribution < -0.4 is 19.6 Å². The maximum atomic E-state index is 12.9. The molecule has 0 aliphatic heterocycles. The lowest BCUT2D eigenvalue weighted by molar-refractivity contribution is -0.144. The van der Waals surface area contributed by atoms with Crippen molar-refractivity contribution in [2.45, 2.75) is 43.5 Å². The lowest BCUT2D eigenvalue weighted by Crippen LogP contribution is -2.39. The van der Waals surface area contributed by atoms with Crippen LogP contribution in [-0.4, -0.2) is 50.6 Å². The van der Waals surface area contributed by atoms with E-state index in [4.69, 9.17) is 32.7 Å². The van der Waals surface area contributed by atoms with Crippen molar-refractivity contribution in [3.63, 3.8) is 0 Å². The van der Waals surface area contributed by atoms with Crippen LogP contribution in [0.2, 0.25) is 10.0 Å². The van der Waals surface area contributed by atoms with Gasteiger partial charge in [0, 0.05) is 12.1 Å². The molecule has 12 nitrogen and oxygen atoms in total. The average molecular weight is 584 g/mol. The molecule has 1 aliphatic rings. The minimum atomic E-state index is -3.91. The summed E-state index contributed by atoms with van der Waals surface area (Å²) >= 11 is 12.6.